The SMILES string of the molecule is CCN1c2c(O)cccc2C(=O)N(C/C=C(\C)CC/C=C(\C)CCCC(C)(C)C)c2cc(O)cc(O)c21. The molecule has 3 rings (SSSR count). The monoisotopic (exact) mass is 506 g/mol. The summed E-state index contributed by atoms with van der Waals surface area (Å²) in [6, 6.07) is 7.60. The van der Waals surface area contributed by atoms with Gasteiger partial charge in [0.2, 0.25) is 0 Å². The number of nitrogens with zero attached hydrogens (tertiary/aromatic N) is 2. The van der Waals surface area contributed by atoms with Crippen LogP contribution >= 0.6 is 0 Å². The lowest BCUT2D eigenvalue weighted by molar-refractivity contribution is 0.0990. The Morgan fingerprint density at radius 1 is 0.919 bits per heavy atom. The summed E-state index contributed by atoms with van der Waals surface area (Å²) < 4.78 is 0. The number of carbonyl (C=O) groups is 1. The van der Waals surface area contributed by atoms with Crippen molar-refractivity contribution in [2.75, 3.05) is 22.9 Å². The molecule has 2 aromatic rings. The van der Waals surface area contributed by atoms with E-state index in [1.54, 1.807) is 21.9 Å². The second kappa shape index (κ2) is 11.8. The maximum absolute atomic E-state index is 13.7. The van der Waals surface area contributed by atoms with E-state index in [0.29, 0.717) is 34.6 Å². The van der Waals surface area contributed by atoms with E-state index >= 15 is 0 Å². The van der Waals surface area contributed by atoms with Crippen molar-refractivity contribution in [3.63, 3.8) is 0 Å². The Balaban J connectivity index is 1.83. The number of aromatic hydroxyl groups is 3. The second-order valence-electron chi connectivity index (χ2n) is 11.2. The van der Waals surface area contributed by atoms with E-state index in [4.69, 9.17) is 0 Å². The summed E-state index contributed by atoms with van der Waals surface area (Å²) in [4.78, 5) is 17.0. The summed E-state index contributed by atoms with van der Waals surface area (Å²) in [6.45, 7) is 13.7. The Morgan fingerprint density at radius 2 is 1.62 bits per heavy atom. The zero-order valence-corrected chi connectivity index (χ0v) is 23.1. The number of rotatable bonds is 9. The van der Waals surface area contributed by atoms with Gasteiger partial charge in [-0.05, 0) is 70.4 Å². The van der Waals surface area contributed by atoms with Gasteiger partial charge >= 0.3 is 0 Å². The molecule has 6 nitrogen and oxygen atoms in total. The fourth-order valence-corrected chi connectivity index (χ4v) is 4.82. The van der Waals surface area contributed by atoms with Gasteiger partial charge in [-0.2, -0.15) is 0 Å². The number of phenolic OH excluding ortho intramolecular Hbond substituents is 3. The predicted octanol–water partition coefficient (Wildman–Crippen LogP) is 7.81. The molecule has 0 atom stereocenters. The van der Waals surface area contributed by atoms with Crippen molar-refractivity contribution in [3.05, 3.63) is 59.2 Å². The highest BCUT2D eigenvalue weighted by atomic mass is 16.3. The third-order valence-corrected chi connectivity index (χ3v) is 6.84. The Kier molecular flexibility index (Phi) is 8.95. The molecular formula is C31H42N2O4. The Morgan fingerprint density at radius 3 is 2.30 bits per heavy atom. The molecule has 3 N–H and O–H groups in total. The Labute approximate surface area is 221 Å². The van der Waals surface area contributed by atoms with Gasteiger partial charge in [0.15, 0.2) is 0 Å². The standard InChI is InChI=1S/C31H42N2O4/c1-7-32-28-24(14-9-15-26(28)35)30(37)33(25-19-23(34)20-27(36)29(25)32)18-16-22(3)12-8-11-21(2)13-10-17-31(4,5)6/h9,11,14-16,19-20,34-36H,7-8,10,12-13,17-18H2,1-6H3/b21-11+,22-16+. The minimum atomic E-state index is -0.299. The van der Waals surface area contributed by atoms with Crippen molar-refractivity contribution >= 4 is 23.0 Å². The van der Waals surface area contributed by atoms with Gasteiger partial charge in [0.1, 0.15) is 22.9 Å². The fraction of sp³-hybridized carbons (Fsp3) is 0.452. The van der Waals surface area contributed by atoms with Crippen LogP contribution in [0.5, 0.6) is 17.2 Å². The van der Waals surface area contributed by atoms with Gasteiger partial charge in [-0.15, -0.1) is 0 Å². The molecule has 1 heterocycles. The number of amides is 1. The molecule has 1 amide bonds. The highest BCUT2D eigenvalue weighted by Crippen LogP contribution is 2.49. The van der Waals surface area contributed by atoms with Gasteiger partial charge in [-0.25, -0.2) is 0 Å². The maximum atomic E-state index is 13.7. The molecule has 0 aromatic heterocycles. The average Bonchev–Trinajstić information content (AvgIpc) is 2.90. The third kappa shape index (κ3) is 6.88. The lowest BCUT2D eigenvalue weighted by atomic mass is 9.89. The second-order valence-corrected chi connectivity index (χ2v) is 11.2. The first-order valence-electron chi connectivity index (χ1n) is 13.2. The lowest BCUT2D eigenvalue weighted by Gasteiger charge is -2.27. The van der Waals surface area contributed by atoms with E-state index in [2.05, 4.69) is 40.7 Å². The van der Waals surface area contributed by atoms with E-state index < -0.39 is 0 Å². The van der Waals surface area contributed by atoms with Crippen LogP contribution in [-0.2, 0) is 0 Å². The minimum Gasteiger partial charge on any atom is -0.508 e. The van der Waals surface area contributed by atoms with Gasteiger partial charge in [0, 0.05) is 25.2 Å². The highest BCUT2D eigenvalue weighted by Gasteiger charge is 2.34. The average molecular weight is 507 g/mol. The molecule has 1 aliphatic heterocycles. The molecule has 6 heteroatoms. The van der Waals surface area contributed by atoms with Crippen LogP contribution in [0, 0.1) is 5.41 Å². The van der Waals surface area contributed by atoms with Crippen molar-refractivity contribution in [2.45, 2.75) is 73.6 Å². The van der Waals surface area contributed by atoms with E-state index in [9.17, 15) is 20.1 Å². The van der Waals surface area contributed by atoms with Crippen LogP contribution in [0.4, 0.5) is 17.1 Å². The van der Waals surface area contributed by atoms with E-state index in [0.717, 1.165) is 24.8 Å². The maximum Gasteiger partial charge on any atom is 0.260 e. The number of para-hydroxylation sites is 1. The fourth-order valence-electron chi connectivity index (χ4n) is 4.82. The van der Waals surface area contributed by atoms with Gasteiger partial charge < -0.3 is 25.1 Å². The summed E-state index contributed by atoms with van der Waals surface area (Å²) in [7, 11) is 0. The molecule has 0 unspecified atom stereocenters. The quantitative estimate of drug-likeness (QED) is 0.302. The van der Waals surface area contributed by atoms with Crippen molar-refractivity contribution in [1.82, 2.24) is 0 Å². The number of benzene rings is 2. The molecule has 0 radical (unpaired) electrons. The number of allylic oxidation sites excluding steroid dienone is 3. The van der Waals surface area contributed by atoms with Crippen LogP contribution < -0.4 is 9.80 Å². The number of fused-ring (bicyclic) bond motifs is 2. The molecule has 2 aromatic carbocycles. The zero-order chi connectivity index (χ0) is 27.3. The zero-order valence-electron chi connectivity index (χ0n) is 23.1. The first-order chi connectivity index (χ1) is 17.4. The molecule has 0 aliphatic carbocycles. The van der Waals surface area contributed by atoms with Crippen LogP contribution in [-0.4, -0.2) is 34.3 Å². The van der Waals surface area contributed by atoms with Crippen molar-refractivity contribution < 1.29 is 20.1 Å². The van der Waals surface area contributed by atoms with Gasteiger partial charge in [-0.3, -0.25) is 4.79 Å². The molecule has 0 bridgehead atoms. The molecule has 1 aliphatic rings. The summed E-state index contributed by atoms with van der Waals surface area (Å²) >= 11 is 0. The van der Waals surface area contributed by atoms with Crippen molar-refractivity contribution in [3.8, 4) is 17.2 Å². The van der Waals surface area contributed by atoms with Crippen LogP contribution in [0.2, 0.25) is 0 Å². The molecule has 0 saturated carbocycles. The van der Waals surface area contributed by atoms with Crippen LogP contribution in [0.15, 0.2) is 53.6 Å². The highest BCUT2D eigenvalue weighted by molar-refractivity contribution is 6.15. The lowest BCUT2D eigenvalue weighted by Crippen LogP contribution is -2.30. The number of hydrogen-bond acceptors (Lipinski definition) is 5. The topological polar surface area (TPSA) is 84.2 Å². The number of hydrogen-bond donors (Lipinski definition) is 3. The van der Waals surface area contributed by atoms with Crippen molar-refractivity contribution in [1.29, 1.82) is 0 Å². The molecule has 0 spiro atoms. The van der Waals surface area contributed by atoms with Gasteiger partial charge in [0.05, 0.1) is 16.9 Å². The third-order valence-electron chi connectivity index (χ3n) is 6.84. The molecule has 37 heavy (non-hydrogen) atoms. The number of anilines is 3. The van der Waals surface area contributed by atoms with Crippen LogP contribution in [0.1, 0.15) is 84.0 Å². The first-order valence-corrected chi connectivity index (χ1v) is 13.2. The molecule has 0 saturated heterocycles. The van der Waals surface area contributed by atoms with Gasteiger partial charge in [0.25, 0.3) is 5.91 Å². The first kappa shape index (κ1) is 28.2. The molecule has 200 valence electrons. The van der Waals surface area contributed by atoms with E-state index in [1.807, 2.05) is 13.0 Å². The van der Waals surface area contributed by atoms with Crippen LogP contribution in [0.3, 0.4) is 0 Å². The molecular weight excluding hydrogens is 464 g/mol. The van der Waals surface area contributed by atoms with Gasteiger partial charge in [-0.1, -0.05) is 50.1 Å². The van der Waals surface area contributed by atoms with E-state index in [-0.39, 0.29) is 29.7 Å². The summed E-state index contributed by atoms with van der Waals surface area (Å²) in [5.74, 6) is -0.623. The van der Waals surface area contributed by atoms with E-state index in [1.165, 1.54) is 36.6 Å². The largest absolute Gasteiger partial charge is 0.508 e. The summed E-state index contributed by atoms with van der Waals surface area (Å²) in [6.07, 6.45) is 9.68. The predicted molar refractivity (Wildman–Crippen MR) is 152 cm³/mol. The minimum absolute atomic E-state index is 0.0376. The van der Waals surface area contributed by atoms with Crippen LogP contribution in [0.25, 0.3) is 0 Å². The summed E-state index contributed by atoms with van der Waals surface area (Å²) in [5, 5.41) is 31.7. The normalized spacial score (nSPS) is 14.5. The summed E-state index contributed by atoms with van der Waals surface area (Å²) in [5.41, 5.74) is 4.42. The number of carbonyl (C=O) groups excluding carboxylic acids is 1. The van der Waals surface area contributed by atoms with Crippen molar-refractivity contribution in [2.24, 2.45) is 5.41 Å². The number of phenols is 3. The Bertz CT molecular complexity index is 1190. The Hall–Kier alpha value is -3.41. The molecule has 0 fully saturated rings. The smallest absolute Gasteiger partial charge is 0.260 e.